The predicted octanol–water partition coefficient (Wildman–Crippen LogP) is 4.00. The Morgan fingerprint density at radius 3 is 2.48 bits per heavy atom. The first kappa shape index (κ1) is 13.6. The maximum Gasteiger partial charge on any atom is 0.173 e. The van der Waals surface area contributed by atoms with Crippen molar-refractivity contribution in [2.24, 2.45) is 5.16 Å². The molecule has 0 N–H and O–H groups in total. The quantitative estimate of drug-likeness (QED) is 0.735. The number of nitrogens with zero attached hydrogens (tertiary/aromatic N) is 3. The van der Waals surface area contributed by atoms with Crippen LogP contribution in [0.25, 0.3) is 0 Å². The van der Waals surface area contributed by atoms with Crippen molar-refractivity contribution in [2.75, 3.05) is 0 Å². The van der Waals surface area contributed by atoms with E-state index < -0.39 is 0 Å². The summed E-state index contributed by atoms with van der Waals surface area (Å²) in [6, 6.07) is 19.5. The minimum Gasteiger partial charge on any atom is -0.457 e. The van der Waals surface area contributed by atoms with Crippen molar-refractivity contribution in [3.8, 4) is 11.5 Å². The standard InChI is InChI=1S/C18H15N3O2/c1-2-5-15(6-3-1)22-16-9-7-14(8-10-16)17-13-18(20-23-17)21-12-4-11-19-21/h1-12,17H,13H2/t17-/m1/s1. The van der Waals surface area contributed by atoms with Crippen LogP contribution in [0.3, 0.4) is 0 Å². The molecular formula is C18H15N3O2. The molecule has 1 atom stereocenters. The van der Waals surface area contributed by atoms with Crippen molar-refractivity contribution >= 4 is 5.84 Å². The van der Waals surface area contributed by atoms with Gasteiger partial charge in [-0.2, -0.15) is 5.10 Å². The van der Waals surface area contributed by atoms with Gasteiger partial charge in [-0.25, -0.2) is 4.68 Å². The number of oxime groups is 1. The van der Waals surface area contributed by atoms with Crippen LogP contribution in [0, 0.1) is 0 Å². The highest BCUT2D eigenvalue weighted by Crippen LogP contribution is 2.29. The highest BCUT2D eigenvalue weighted by molar-refractivity contribution is 5.84. The molecule has 0 amide bonds. The molecule has 1 aromatic heterocycles. The zero-order chi connectivity index (χ0) is 15.5. The van der Waals surface area contributed by atoms with Crippen LogP contribution < -0.4 is 4.74 Å². The van der Waals surface area contributed by atoms with E-state index >= 15 is 0 Å². The minimum atomic E-state index is -0.0834. The van der Waals surface area contributed by atoms with Crippen molar-refractivity contribution in [1.29, 1.82) is 0 Å². The molecule has 3 aromatic rings. The van der Waals surface area contributed by atoms with E-state index in [2.05, 4.69) is 10.3 Å². The van der Waals surface area contributed by atoms with Gasteiger partial charge < -0.3 is 9.57 Å². The lowest BCUT2D eigenvalue weighted by atomic mass is 10.1. The SMILES string of the molecule is c1ccc(Oc2ccc([C@H]3CC(n4cccn4)=NO3)cc2)cc1. The van der Waals surface area contributed by atoms with Gasteiger partial charge in [0.25, 0.3) is 0 Å². The van der Waals surface area contributed by atoms with Crippen LogP contribution in [0.5, 0.6) is 11.5 Å². The molecule has 0 aliphatic carbocycles. The second-order valence-electron chi connectivity index (χ2n) is 5.24. The number of hydrogen-bond acceptors (Lipinski definition) is 4. The third kappa shape index (κ3) is 2.94. The highest BCUT2D eigenvalue weighted by atomic mass is 16.6. The Hall–Kier alpha value is -3.08. The van der Waals surface area contributed by atoms with Gasteiger partial charge in [0.15, 0.2) is 11.9 Å². The van der Waals surface area contributed by atoms with Gasteiger partial charge in [-0.3, -0.25) is 0 Å². The summed E-state index contributed by atoms with van der Waals surface area (Å²) >= 11 is 0. The van der Waals surface area contributed by atoms with Gasteiger partial charge in [0.1, 0.15) is 11.5 Å². The van der Waals surface area contributed by atoms with Crippen LogP contribution in [-0.2, 0) is 4.84 Å². The van der Waals surface area contributed by atoms with Crippen LogP contribution in [0.1, 0.15) is 18.1 Å². The van der Waals surface area contributed by atoms with E-state index in [1.165, 1.54) is 0 Å². The number of para-hydroxylation sites is 1. The van der Waals surface area contributed by atoms with Crippen LogP contribution in [0.2, 0.25) is 0 Å². The fourth-order valence-corrected chi connectivity index (χ4v) is 2.48. The molecule has 23 heavy (non-hydrogen) atoms. The summed E-state index contributed by atoms with van der Waals surface area (Å²) in [5, 5.41) is 8.29. The molecule has 2 aromatic carbocycles. The maximum absolute atomic E-state index is 5.79. The van der Waals surface area contributed by atoms with Crippen LogP contribution in [0.15, 0.2) is 78.2 Å². The average molecular weight is 305 g/mol. The number of aromatic nitrogens is 2. The molecule has 1 aliphatic rings. The summed E-state index contributed by atoms with van der Waals surface area (Å²) in [5.74, 6) is 2.43. The third-order valence-electron chi connectivity index (χ3n) is 3.65. The summed E-state index contributed by atoms with van der Waals surface area (Å²) in [7, 11) is 0. The molecule has 2 heterocycles. The summed E-state index contributed by atoms with van der Waals surface area (Å²) < 4.78 is 7.52. The van der Waals surface area contributed by atoms with E-state index in [0.29, 0.717) is 6.42 Å². The fourth-order valence-electron chi connectivity index (χ4n) is 2.48. The Kier molecular flexibility index (Phi) is 3.52. The highest BCUT2D eigenvalue weighted by Gasteiger charge is 2.24. The Morgan fingerprint density at radius 2 is 1.74 bits per heavy atom. The average Bonchev–Trinajstić information content (AvgIpc) is 3.28. The molecule has 0 fully saturated rings. The second-order valence-corrected chi connectivity index (χ2v) is 5.24. The van der Waals surface area contributed by atoms with Gasteiger partial charge in [0, 0.05) is 12.4 Å². The minimum absolute atomic E-state index is 0.0834. The molecule has 5 nitrogen and oxygen atoms in total. The third-order valence-corrected chi connectivity index (χ3v) is 3.65. The van der Waals surface area contributed by atoms with E-state index in [-0.39, 0.29) is 6.10 Å². The smallest absolute Gasteiger partial charge is 0.173 e. The molecule has 0 spiro atoms. The Bertz CT molecular complexity index is 796. The van der Waals surface area contributed by atoms with Gasteiger partial charge in [-0.15, -0.1) is 0 Å². The van der Waals surface area contributed by atoms with Gasteiger partial charge in [0.05, 0.1) is 6.42 Å². The van der Waals surface area contributed by atoms with E-state index in [0.717, 1.165) is 22.9 Å². The first-order valence-corrected chi connectivity index (χ1v) is 7.44. The molecule has 114 valence electrons. The van der Waals surface area contributed by atoms with E-state index in [9.17, 15) is 0 Å². The lowest BCUT2D eigenvalue weighted by molar-refractivity contribution is 0.0856. The molecule has 1 aliphatic heterocycles. The van der Waals surface area contributed by atoms with Crippen LogP contribution in [-0.4, -0.2) is 15.6 Å². The van der Waals surface area contributed by atoms with Gasteiger partial charge in [-0.05, 0) is 35.9 Å². The van der Waals surface area contributed by atoms with E-state index in [1.807, 2.05) is 66.9 Å². The van der Waals surface area contributed by atoms with Gasteiger partial charge >= 0.3 is 0 Å². The first-order chi connectivity index (χ1) is 11.4. The number of benzene rings is 2. The Labute approximate surface area is 133 Å². The van der Waals surface area contributed by atoms with Crippen molar-refractivity contribution in [3.63, 3.8) is 0 Å². The lowest BCUT2D eigenvalue weighted by Gasteiger charge is -2.10. The molecule has 0 bridgehead atoms. The summed E-state index contributed by atoms with van der Waals surface area (Å²) in [4.78, 5) is 5.52. The summed E-state index contributed by atoms with van der Waals surface area (Å²) in [5.41, 5.74) is 1.07. The number of ether oxygens (including phenoxy) is 1. The molecular weight excluding hydrogens is 290 g/mol. The molecule has 0 unspecified atom stereocenters. The predicted molar refractivity (Wildman–Crippen MR) is 86.5 cm³/mol. The molecule has 0 radical (unpaired) electrons. The van der Waals surface area contributed by atoms with Gasteiger partial charge in [-0.1, -0.05) is 35.5 Å². The number of rotatable bonds is 3. The fraction of sp³-hybridized carbons (Fsp3) is 0.111. The lowest BCUT2D eigenvalue weighted by Crippen LogP contribution is -2.10. The maximum atomic E-state index is 5.79. The number of hydrogen-bond donors (Lipinski definition) is 0. The second kappa shape index (κ2) is 5.96. The molecule has 5 heteroatoms. The van der Waals surface area contributed by atoms with E-state index in [4.69, 9.17) is 9.57 Å². The molecule has 4 rings (SSSR count). The Balaban J connectivity index is 1.43. The van der Waals surface area contributed by atoms with Crippen molar-refractivity contribution in [2.45, 2.75) is 12.5 Å². The zero-order valence-corrected chi connectivity index (χ0v) is 12.4. The normalized spacial score (nSPS) is 16.7. The van der Waals surface area contributed by atoms with E-state index in [1.54, 1.807) is 10.9 Å². The zero-order valence-electron chi connectivity index (χ0n) is 12.4. The summed E-state index contributed by atoms with van der Waals surface area (Å²) in [6.07, 6.45) is 4.20. The topological polar surface area (TPSA) is 48.6 Å². The van der Waals surface area contributed by atoms with Crippen LogP contribution in [0.4, 0.5) is 0 Å². The largest absolute Gasteiger partial charge is 0.457 e. The van der Waals surface area contributed by atoms with Gasteiger partial charge in [0.2, 0.25) is 0 Å². The molecule has 0 saturated carbocycles. The molecule has 0 saturated heterocycles. The van der Waals surface area contributed by atoms with Crippen LogP contribution >= 0.6 is 0 Å². The van der Waals surface area contributed by atoms with Crippen molar-refractivity contribution < 1.29 is 9.57 Å². The van der Waals surface area contributed by atoms with Crippen molar-refractivity contribution in [1.82, 2.24) is 9.78 Å². The summed E-state index contributed by atoms with van der Waals surface area (Å²) in [6.45, 7) is 0. The monoisotopic (exact) mass is 305 g/mol. The van der Waals surface area contributed by atoms with Crippen molar-refractivity contribution in [3.05, 3.63) is 78.6 Å². The first-order valence-electron chi connectivity index (χ1n) is 7.44. The Morgan fingerprint density at radius 1 is 0.957 bits per heavy atom.